The molecular weight excluding hydrogens is 465 g/mol. The van der Waals surface area contributed by atoms with Crippen LogP contribution in [-0.4, -0.2) is 97.6 Å². The summed E-state index contributed by atoms with van der Waals surface area (Å²) in [5.41, 5.74) is 2.30. The molecule has 0 aromatic carbocycles. The second-order valence-electron chi connectivity index (χ2n) is 10.1. The first-order valence-corrected chi connectivity index (χ1v) is 13.0. The van der Waals surface area contributed by atoms with Crippen LogP contribution < -0.4 is 10.6 Å². The number of nitrogens with zero attached hydrogens (tertiary/aromatic N) is 3. The quantitative estimate of drug-likeness (QED) is 0.294. The number of aliphatic carboxylic acids is 1. The topological polar surface area (TPSA) is 107 Å². The summed E-state index contributed by atoms with van der Waals surface area (Å²) in [6, 6.07) is 2.77. The number of nitrogens with one attached hydrogen (secondary N) is 2. The number of amides is 2. The molecule has 0 spiro atoms. The molecule has 1 aromatic rings. The van der Waals surface area contributed by atoms with E-state index in [0.29, 0.717) is 19.6 Å². The van der Waals surface area contributed by atoms with E-state index < -0.39 is 24.2 Å². The molecule has 0 saturated carbocycles. The molecule has 2 heterocycles. The second kappa shape index (κ2) is 15.6. The van der Waals surface area contributed by atoms with E-state index in [0.717, 1.165) is 50.2 Å². The van der Waals surface area contributed by atoms with Crippen molar-refractivity contribution in [1.82, 2.24) is 20.1 Å². The fourth-order valence-corrected chi connectivity index (χ4v) is 4.42. The number of anilines is 1. The van der Waals surface area contributed by atoms with Crippen molar-refractivity contribution >= 4 is 17.8 Å². The Morgan fingerprint density at radius 1 is 1.25 bits per heavy atom. The van der Waals surface area contributed by atoms with E-state index in [1.807, 2.05) is 18.7 Å². The van der Waals surface area contributed by atoms with Crippen molar-refractivity contribution in [2.24, 2.45) is 5.92 Å². The van der Waals surface area contributed by atoms with Gasteiger partial charge in [0.15, 0.2) is 0 Å². The van der Waals surface area contributed by atoms with Crippen LogP contribution in [0.15, 0.2) is 12.1 Å². The van der Waals surface area contributed by atoms with Crippen LogP contribution in [0.3, 0.4) is 0 Å². The molecule has 1 aliphatic rings. The van der Waals surface area contributed by atoms with Crippen LogP contribution in [0.5, 0.6) is 0 Å². The zero-order valence-corrected chi connectivity index (χ0v) is 22.3. The van der Waals surface area contributed by atoms with Gasteiger partial charge in [0.05, 0.1) is 6.61 Å². The van der Waals surface area contributed by atoms with Crippen LogP contribution in [0.25, 0.3) is 0 Å². The Balaban J connectivity index is 1.87. The van der Waals surface area contributed by atoms with Gasteiger partial charge in [-0.3, -0.25) is 0 Å². The molecule has 2 atom stereocenters. The van der Waals surface area contributed by atoms with Gasteiger partial charge >= 0.3 is 12.0 Å². The molecule has 204 valence electrons. The number of rotatable bonds is 16. The number of ether oxygens (including phenoxy) is 1. The predicted octanol–water partition coefficient (Wildman–Crippen LogP) is 3.19. The molecule has 0 aliphatic carbocycles. The smallest absolute Gasteiger partial charge is 0.326 e. The number of carbonyl (C=O) groups excluding carboxylic acids is 1. The third-order valence-corrected chi connectivity index (χ3v) is 6.23. The Labute approximate surface area is 214 Å². The van der Waals surface area contributed by atoms with Gasteiger partial charge in [-0.2, -0.15) is 0 Å². The minimum atomic E-state index is -1.17. The first kappa shape index (κ1) is 29.8. The summed E-state index contributed by atoms with van der Waals surface area (Å²) in [6.07, 6.45) is 3.75. The van der Waals surface area contributed by atoms with Gasteiger partial charge in [-0.25, -0.2) is 19.0 Å². The SMILES string of the molecule is COC[C@@H](F)CN(CCCCc1ccc2c(n1)NCCC2)CC[C@H](NC(=O)N(C)CC(C)C)C(=O)O. The van der Waals surface area contributed by atoms with E-state index in [1.165, 1.54) is 17.6 Å². The van der Waals surface area contributed by atoms with Crippen molar-refractivity contribution in [3.05, 3.63) is 23.4 Å². The minimum Gasteiger partial charge on any atom is -0.480 e. The molecule has 1 aromatic heterocycles. The minimum absolute atomic E-state index is 0.0123. The molecular formula is C26H44FN5O4. The van der Waals surface area contributed by atoms with E-state index in [-0.39, 0.29) is 25.5 Å². The van der Waals surface area contributed by atoms with Gasteiger partial charge in [-0.1, -0.05) is 19.9 Å². The van der Waals surface area contributed by atoms with Crippen molar-refractivity contribution in [2.45, 2.75) is 64.6 Å². The number of fused-ring (bicyclic) bond motifs is 1. The Kier molecular flexibility index (Phi) is 12.9. The van der Waals surface area contributed by atoms with Gasteiger partial charge in [0, 0.05) is 46.0 Å². The maximum Gasteiger partial charge on any atom is 0.326 e. The molecule has 10 heteroatoms. The zero-order valence-electron chi connectivity index (χ0n) is 22.3. The summed E-state index contributed by atoms with van der Waals surface area (Å²) in [5.74, 6) is 0.164. The summed E-state index contributed by atoms with van der Waals surface area (Å²) in [5, 5.41) is 15.6. The fraction of sp³-hybridized carbons (Fsp3) is 0.731. The summed E-state index contributed by atoms with van der Waals surface area (Å²) in [4.78, 5) is 32.3. The lowest BCUT2D eigenvalue weighted by atomic mass is 10.1. The van der Waals surface area contributed by atoms with Gasteiger partial charge < -0.3 is 30.3 Å². The van der Waals surface area contributed by atoms with E-state index in [1.54, 1.807) is 7.05 Å². The van der Waals surface area contributed by atoms with Crippen LogP contribution in [0.1, 0.15) is 50.8 Å². The lowest BCUT2D eigenvalue weighted by molar-refractivity contribution is -0.139. The third kappa shape index (κ3) is 10.7. The van der Waals surface area contributed by atoms with Gasteiger partial charge in [0.1, 0.15) is 18.0 Å². The largest absolute Gasteiger partial charge is 0.480 e. The number of halogens is 1. The fourth-order valence-electron chi connectivity index (χ4n) is 4.42. The molecule has 0 fully saturated rings. The van der Waals surface area contributed by atoms with Crippen molar-refractivity contribution in [2.75, 3.05) is 58.8 Å². The monoisotopic (exact) mass is 509 g/mol. The molecule has 2 amide bonds. The second-order valence-corrected chi connectivity index (χ2v) is 10.1. The molecule has 0 unspecified atom stereocenters. The number of aromatic nitrogens is 1. The average Bonchev–Trinajstić information content (AvgIpc) is 2.83. The highest BCUT2D eigenvalue weighted by atomic mass is 19.1. The van der Waals surface area contributed by atoms with Crippen LogP contribution in [0, 0.1) is 5.92 Å². The first-order valence-electron chi connectivity index (χ1n) is 13.0. The predicted molar refractivity (Wildman–Crippen MR) is 139 cm³/mol. The van der Waals surface area contributed by atoms with Gasteiger partial charge in [0.25, 0.3) is 0 Å². The van der Waals surface area contributed by atoms with Crippen molar-refractivity contribution in [3.63, 3.8) is 0 Å². The molecule has 0 radical (unpaired) electrons. The van der Waals surface area contributed by atoms with E-state index in [2.05, 4.69) is 22.8 Å². The maximum absolute atomic E-state index is 14.3. The number of carboxylic acid groups (broad SMARTS) is 1. The Morgan fingerprint density at radius 3 is 2.72 bits per heavy atom. The molecule has 36 heavy (non-hydrogen) atoms. The third-order valence-electron chi connectivity index (χ3n) is 6.23. The lowest BCUT2D eigenvalue weighted by Crippen LogP contribution is -2.49. The van der Waals surface area contributed by atoms with Crippen molar-refractivity contribution in [1.29, 1.82) is 0 Å². The average molecular weight is 510 g/mol. The lowest BCUT2D eigenvalue weighted by Gasteiger charge is -2.27. The number of hydrogen-bond donors (Lipinski definition) is 3. The van der Waals surface area contributed by atoms with Crippen LogP contribution in [-0.2, 0) is 22.4 Å². The van der Waals surface area contributed by atoms with Gasteiger partial charge in [0.2, 0.25) is 0 Å². The molecule has 2 rings (SSSR count). The Morgan fingerprint density at radius 2 is 2.03 bits per heavy atom. The molecule has 0 saturated heterocycles. The Hall–Kier alpha value is -2.46. The summed E-state index contributed by atoms with van der Waals surface area (Å²) < 4.78 is 19.3. The summed E-state index contributed by atoms with van der Waals surface area (Å²) in [6.45, 7) is 6.59. The zero-order chi connectivity index (χ0) is 26.5. The highest BCUT2D eigenvalue weighted by Gasteiger charge is 2.24. The molecule has 3 N–H and O–H groups in total. The van der Waals surface area contributed by atoms with Crippen LogP contribution in [0.4, 0.5) is 15.0 Å². The van der Waals surface area contributed by atoms with Crippen LogP contribution in [0.2, 0.25) is 0 Å². The van der Waals surface area contributed by atoms with Gasteiger partial charge in [-0.15, -0.1) is 0 Å². The maximum atomic E-state index is 14.3. The molecule has 9 nitrogen and oxygen atoms in total. The van der Waals surface area contributed by atoms with E-state index in [4.69, 9.17) is 9.72 Å². The van der Waals surface area contributed by atoms with Crippen LogP contribution >= 0.6 is 0 Å². The number of pyridine rings is 1. The number of methoxy groups -OCH3 is 1. The number of aryl methyl sites for hydroxylation is 2. The number of unbranched alkanes of at least 4 members (excludes halogenated alkanes) is 1. The summed E-state index contributed by atoms with van der Waals surface area (Å²) >= 11 is 0. The van der Waals surface area contributed by atoms with E-state index >= 15 is 0 Å². The molecule has 1 aliphatic heterocycles. The first-order chi connectivity index (χ1) is 17.2. The van der Waals surface area contributed by atoms with Crippen molar-refractivity contribution in [3.8, 4) is 0 Å². The van der Waals surface area contributed by atoms with Gasteiger partial charge in [-0.05, 0) is 62.6 Å². The highest BCUT2D eigenvalue weighted by Crippen LogP contribution is 2.20. The number of carbonyl (C=O) groups is 2. The normalized spacial score (nSPS) is 14.8. The Bertz CT molecular complexity index is 826. The van der Waals surface area contributed by atoms with E-state index in [9.17, 15) is 19.1 Å². The molecule has 0 bridgehead atoms. The number of alkyl halides is 1. The van der Waals surface area contributed by atoms with Crippen molar-refractivity contribution < 1.29 is 23.8 Å². The highest BCUT2D eigenvalue weighted by molar-refractivity contribution is 5.82. The number of hydrogen-bond acceptors (Lipinski definition) is 6. The number of urea groups is 1. The summed E-state index contributed by atoms with van der Waals surface area (Å²) in [7, 11) is 3.10. The number of carboxylic acids is 1. The standard InChI is InChI=1S/C26H44FN5O4/c1-19(2)16-31(3)26(35)30-23(25(33)34)12-15-32(17-21(27)18-36-4)14-6-5-9-22-11-10-20-8-7-13-28-24(20)29-22/h10-11,19,21,23H,5-9,12-18H2,1-4H3,(H,28,29)(H,30,35)(H,33,34)/t21-,23-/m0/s1.